The summed E-state index contributed by atoms with van der Waals surface area (Å²) >= 11 is 0.0862. The Labute approximate surface area is 313 Å². The Bertz CT molecular complexity index is 1900. The number of nitrogens with zero attached hydrogens (tertiary/aromatic N) is 5. The van der Waals surface area contributed by atoms with Gasteiger partial charge in [0.1, 0.15) is 26.3 Å². The summed E-state index contributed by atoms with van der Waals surface area (Å²) in [6.07, 6.45) is 4.25. The molecular formula is C38H47N7O5S2. The highest BCUT2D eigenvalue weighted by molar-refractivity contribution is 7.99. The number of anilines is 2. The molecule has 1 aliphatic carbocycles. The molecule has 2 N–H and O–H groups in total. The highest BCUT2D eigenvalue weighted by atomic mass is 32.2. The second-order valence-corrected chi connectivity index (χ2v) is 17.0. The zero-order chi connectivity index (χ0) is 37.0. The Kier molecular flexibility index (Phi) is 11.5. The Morgan fingerprint density at radius 1 is 1.08 bits per heavy atom. The molecule has 2 atom stereocenters. The predicted molar refractivity (Wildman–Crippen MR) is 204 cm³/mol. The van der Waals surface area contributed by atoms with Crippen molar-refractivity contribution in [3.8, 4) is 11.5 Å². The van der Waals surface area contributed by atoms with Gasteiger partial charge in [-0.05, 0) is 95.0 Å². The summed E-state index contributed by atoms with van der Waals surface area (Å²) in [5, 5.41) is 4.47. The number of aryl methyl sites for hydroxylation is 1. The SMILES string of the molecule is CCOC(=O)c1nc(Sc2ccnc(NCc3ccc(OC)cc3OC)n2)c(C)nc1N1CCC2(CC1)Cc1ccccc1[C@H]2N[S+]([O-])C(C)(C)C. The topological polar surface area (TPSA) is 147 Å². The van der Waals surface area contributed by atoms with Crippen molar-refractivity contribution < 1.29 is 23.6 Å². The van der Waals surface area contributed by atoms with E-state index in [1.165, 1.54) is 22.9 Å². The maximum absolute atomic E-state index is 13.4. The van der Waals surface area contributed by atoms with E-state index in [2.05, 4.69) is 44.2 Å². The minimum absolute atomic E-state index is 0.0347. The molecule has 1 saturated heterocycles. The number of benzene rings is 2. The lowest BCUT2D eigenvalue weighted by atomic mass is 9.73. The number of nitrogens with one attached hydrogen (secondary N) is 2. The quantitative estimate of drug-likeness (QED) is 0.0929. The molecule has 276 valence electrons. The molecule has 12 nitrogen and oxygen atoms in total. The van der Waals surface area contributed by atoms with Gasteiger partial charge in [-0.15, -0.1) is 4.72 Å². The first-order valence-corrected chi connectivity index (χ1v) is 19.4. The lowest BCUT2D eigenvalue weighted by Gasteiger charge is -2.44. The van der Waals surface area contributed by atoms with Gasteiger partial charge in [-0.1, -0.05) is 24.3 Å². The first kappa shape index (κ1) is 37.6. The number of esters is 1. The van der Waals surface area contributed by atoms with E-state index < -0.39 is 22.1 Å². The second-order valence-electron chi connectivity index (χ2n) is 14.0. The van der Waals surface area contributed by atoms with Crippen LogP contribution < -0.4 is 24.4 Å². The number of piperidine rings is 1. The molecule has 6 rings (SSSR count). The fraction of sp³-hybridized carbons (Fsp3) is 0.447. The van der Waals surface area contributed by atoms with E-state index in [-0.39, 0.29) is 23.8 Å². The first-order valence-electron chi connectivity index (χ1n) is 17.5. The molecule has 0 radical (unpaired) electrons. The van der Waals surface area contributed by atoms with Crippen molar-refractivity contribution in [2.75, 3.05) is 44.1 Å². The van der Waals surface area contributed by atoms with Gasteiger partial charge in [0.15, 0.2) is 11.5 Å². The van der Waals surface area contributed by atoms with Crippen LogP contribution in [-0.4, -0.2) is 69.1 Å². The third kappa shape index (κ3) is 8.09. The molecule has 52 heavy (non-hydrogen) atoms. The van der Waals surface area contributed by atoms with Gasteiger partial charge in [-0.25, -0.2) is 24.7 Å². The van der Waals surface area contributed by atoms with E-state index in [0.29, 0.717) is 58.6 Å². The van der Waals surface area contributed by atoms with Gasteiger partial charge < -0.3 is 29.0 Å². The third-order valence-corrected chi connectivity index (χ3v) is 12.2. The van der Waals surface area contributed by atoms with E-state index in [9.17, 15) is 9.35 Å². The fourth-order valence-corrected chi connectivity index (χ4v) is 8.52. The van der Waals surface area contributed by atoms with Crippen molar-refractivity contribution in [3.05, 3.63) is 82.8 Å². The zero-order valence-corrected chi connectivity index (χ0v) is 32.5. The molecule has 1 aliphatic heterocycles. The van der Waals surface area contributed by atoms with Crippen molar-refractivity contribution in [3.63, 3.8) is 0 Å². The summed E-state index contributed by atoms with van der Waals surface area (Å²) in [5.41, 5.74) is 4.20. The van der Waals surface area contributed by atoms with Crippen molar-refractivity contribution in [1.29, 1.82) is 0 Å². The number of carbonyl (C=O) groups is 1. The molecule has 3 heterocycles. The van der Waals surface area contributed by atoms with Crippen LogP contribution in [0.15, 0.2) is 64.8 Å². The zero-order valence-electron chi connectivity index (χ0n) is 30.8. The molecule has 14 heteroatoms. The van der Waals surface area contributed by atoms with Crippen molar-refractivity contribution in [2.24, 2.45) is 5.41 Å². The van der Waals surface area contributed by atoms with Crippen molar-refractivity contribution >= 4 is 40.9 Å². The first-order chi connectivity index (χ1) is 24.9. The summed E-state index contributed by atoms with van der Waals surface area (Å²) < 4.78 is 32.8. The third-order valence-electron chi connectivity index (χ3n) is 9.60. The van der Waals surface area contributed by atoms with Crippen LogP contribution in [0.1, 0.15) is 79.5 Å². The summed E-state index contributed by atoms with van der Waals surface area (Å²) in [7, 11) is 3.23. The summed E-state index contributed by atoms with van der Waals surface area (Å²) in [5.74, 6) is 1.85. The number of ether oxygens (including phenoxy) is 3. The molecule has 1 unspecified atom stereocenters. The number of methoxy groups -OCH3 is 2. The minimum Gasteiger partial charge on any atom is -0.598 e. The molecule has 0 saturated carbocycles. The van der Waals surface area contributed by atoms with Crippen LogP contribution in [0, 0.1) is 12.3 Å². The van der Waals surface area contributed by atoms with Crippen LogP contribution in [0.4, 0.5) is 11.8 Å². The summed E-state index contributed by atoms with van der Waals surface area (Å²) in [4.78, 5) is 34.4. The Hall–Kier alpha value is -4.11. The van der Waals surface area contributed by atoms with Gasteiger partial charge in [0.05, 0.1) is 32.6 Å². The van der Waals surface area contributed by atoms with Crippen LogP contribution >= 0.6 is 11.8 Å². The molecule has 1 spiro atoms. The molecule has 1 fully saturated rings. The van der Waals surface area contributed by atoms with E-state index in [4.69, 9.17) is 29.2 Å². The Morgan fingerprint density at radius 3 is 2.56 bits per heavy atom. The molecule has 4 aromatic rings. The average Bonchev–Trinajstić information content (AvgIpc) is 3.43. The maximum atomic E-state index is 13.4. The monoisotopic (exact) mass is 745 g/mol. The van der Waals surface area contributed by atoms with Crippen LogP contribution in [0.5, 0.6) is 11.5 Å². The average molecular weight is 746 g/mol. The molecule has 0 amide bonds. The number of rotatable bonds is 12. The number of hydrogen-bond acceptors (Lipinski definition) is 13. The van der Waals surface area contributed by atoms with E-state index in [0.717, 1.165) is 24.8 Å². The number of hydrogen-bond donors (Lipinski definition) is 2. The molecule has 2 aromatic carbocycles. The molecule has 2 aliphatic rings. The lowest BCUT2D eigenvalue weighted by molar-refractivity contribution is 0.0518. The molecule has 2 aromatic heterocycles. The smallest absolute Gasteiger partial charge is 0.360 e. The van der Waals surface area contributed by atoms with Gasteiger partial charge in [-0.2, -0.15) is 0 Å². The number of carbonyl (C=O) groups excluding carboxylic acids is 1. The van der Waals surface area contributed by atoms with Gasteiger partial charge in [-0.3, -0.25) is 0 Å². The largest absolute Gasteiger partial charge is 0.598 e. The van der Waals surface area contributed by atoms with E-state index >= 15 is 0 Å². The lowest BCUT2D eigenvalue weighted by Crippen LogP contribution is -2.50. The standard InChI is InChI=1S/C38H47N7O5S2/c1-8-50-35(46)31-33(45-19-16-38(17-20-45)22-25-11-9-10-12-28(25)32(38)44-52(47)37(3,4)5)41-24(2)34(43-31)51-30-15-18-39-36(42-30)40-23-26-13-14-27(48-6)21-29(26)49-7/h9-15,18,21,32,44H,8,16-17,19-20,22-23H2,1-7H3,(H,39,40,42)/t32-,52?/m1/s1. The van der Waals surface area contributed by atoms with E-state index in [1.54, 1.807) is 33.4 Å². The summed E-state index contributed by atoms with van der Waals surface area (Å²) in [6, 6.07) is 15.9. The Balaban J connectivity index is 1.21. The molecule has 0 bridgehead atoms. The van der Waals surface area contributed by atoms with Gasteiger partial charge >= 0.3 is 5.97 Å². The Morgan fingerprint density at radius 2 is 1.85 bits per heavy atom. The van der Waals surface area contributed by atoms with Crippen LogP contribution in [0.25, 0.3) is 0 Å². The highest BCUT2D eigenvalue weighted by Crippen LogP contribution is 2.53. The van der Waals surface area contributed by atoms with Crippen molar-refractivity contribution in [1.82, 2.24) is 24.7 Å². The van der Waals surface area contributed by atoms with Crippen LogP contribution in [0.3, 0.4) is 0 Å². The summed E-state index contributed by atoms with van der Waals surface area (Å²) in [6.45, 7) is 11.7. The molecular weight excluding hydrogens is 699 g/mol. The minimum atomic E-state index is -1.23. The van der Waals surface area contributed by atoms with Crippen molar-refractivity contribution in [2.45, 2.75) is 81.3 Å². The number of fused-ring (bicyclic) bond motifs is 1. The number of aromatic nitrogens is 4. The second kappa shape index (κ2) is 15.9. The fourth-order valence-electron chi connectivity index (χ4n) is 6.79. The highest BCUT2D eigenvalue weighted by Gasteiger charge is 2.50. The van der Waals surface area contributed by atoms with Gasteiger partial charge in [0.2, 0.25) is 5.95 Å². The van der Waals surface area contributed by atoms with Gasteiger partial charge in [0.25, 0.3) is 0 Å². The maximum Gasteiger partial charge on any atom is 0.360 e. The normalized spacial score (nSPS) is 17.1. The van der Waals surface area contributed by atoms with Crippen LogP contribution in [-0.2, 0) is 29.1 Å². The predicted octanol–water partition coefficient (Wildman–Crippen LogP) is 6.47. The van der Waals surface area contributed by atoms with Crippen LogP contribution in [0.2, 0.25) is 0 Å². The van der Waals surface area contributed by atoms with E-state index in [1.807, 2.05) is 45.9 Å². The van der Waals surface area contributed by atoms with Gasteiger partial charge in [0, 0.05) is 54.2 Å².